The first-order chi connectivity index (χ1) is 10.6. The molecular formula is C21H26O2. The fraction of sp³-hybridized carbons (Fsp3) is 0.381. The fourth-order valence-electron chi connectivity index (χ4n) is 2.55. The minimum Gasteiger partial charge on any atom is -0.422 e. The Morgan fingerprint density at radius 3 is 1.65 bits per heavy atom. The molecule has 122 valence electrons. The fourth-order valence-corrected chi connectivity index (χ4v) is 2.55. The molecule has 0 unspecified atom stereocenters. The summed E-state index contributed by atoms with van der Waals surface area (Å²) in [7, 11) is 0. The number of rotatable bonds is 2. The van der Waals surface area contributed by atoms with Gasteiger partial charge in [-0.05, 0) is 23.0 Å². The van der Waals surface area contributed by atoms with Crippen LogP contribution >= 0.6 is 0 Å². The summed E-state index contributed by atoms with van der Waals surface area (Å²) in [6.07, 6.45) is 0. The van der Waals surface area contributed by atoms with Gasteiger partial charge in [0.25, 0.3) is 0 Å². The molecule has 23 heavy (non-hydrogen) atoms. The Labute approximate surface area is 139 Å². The van der Waals surface area contributed by atoms with Crippen LogP contribution in [0.25, 0.3) is 0 Å². The zero-order valence-corrected chi connectivity index (χ0v) is 14.9. The van der Waals surface area contributed by atoms with Crippen LogP contribution in [0.4, 0.5) is 0 Å². The Morgan fingerprint density at radius 1 is 0.739 bits per heavy atom. The highest BCUT2D eigenvalue weighted by Crippen LogP contribution is 2.39. The number of ether oxygens (including phenoxy) is 1. The van der Waals surface area contributed by atoms with E-state index >= 15 is 0 Å². The summed E-state index contributed by atoms with van der Waals surface area (Å²) in [5, 5.41) is 0. The highest BCUT2D eigenvalue weighted by molar-refractivity contribution is 5.91. The molecule has 0 aliphatic heterocycles. The van der Waals surface area contributed by atoms with Crippen LogP contribution in [-0.2, 0) is 10.8 Å². The predicted octanol–water partition coefficient (Wildman–Crippen LogP) is 5.50. The summed E-state index contributed by atoms with van der Waals surface area (Å²) in [6, 6.07) is 15.3. The summed E-state index contributed by atoms with van der Waals surface area (Å²) in [5.74, 6) is 0.383. The van der Waals surface area contributed by atoms with Gasteiger partial charge in [-0.1, -0.05) is 77.9 Å². The van der Waals surface area contributed by atoms with Crippen LogP contribution in [0.3, 0.4) is 0 Å². The molecule has 2 nitrogen and oxygen atoms in total. The average Bonchev–Trinajstić information content (AvgIpc) is 2.46. The molecule has 2 rings (SSSR count). The summed E-state index contributed by atoms with van der Waals surface area (Å²) >= 11 is 0. The second kappa shape index (κ2) is 6.19. The molecule has 0 heterocycles. The molecular weight excluding hydrogens is 284 g/mol. The van der Waals surface area contributed by atoms with Crippen molar-refractivity contribution in [3.8, 4) is 5.75 Å². The van der Waals surface area contributed by atoms with Gasteiger partial charge in [0.05, 0.1) is 5.56 Å². The molecule has 0 aliphatic rings. The van der Waals surface area contributed by atoms with Crippen LogP contribution in [0.2, 0.25) is 0 Å². The van der Waals surface area contributed by atoms with Crippen molar-refractivity contribution < 1.29 is 9.53 Å². The predicted molar refractivity (Wildman–Crippen MR) is 95.2 cm³/mol. The smallest absolute Gasteiger partial charge is 0.343 e. The first-order valence-electron chi connectivity index (χ1n) is 8.02. The van der Waals surface area contributed by atoms with E-state index in [-0.39, 0.29) is 16.8 Å². The van der Waals surface area contributed by atoms with Crippen LogP contribution in [-0.4, -0.2) is 5.97 Å². The number of hydrogen-bond donors (Lipinski definition) is 0. The molecule has 0 aromatic heterocycles. The van der Waals surface area contributed by atoms with Crippen molar-refractivity contribution in [3.63, 3.8) is 0 Å². The second-order valence-corrected chi connectivity index (χ2v) is 7.94. The highest BCUT2D eigenvalue weighted by atomic mass is 16.5. The maximum atomic E-state index is 12.6. The third kappa shape index (κ3) is 4.01. The number of hydrogen-bond acceptors (Lipinski definition) is 2. The molecule has 2 aromatic carbocycles. The molecule has 0 saturated heterocycles. The number of carbonyl (C=O) groups is 1. The normalized spacial score (nSPS) is 12.1. The van der Waals surface area contributed by atoms with Crippen LogP contribution < -0.4 is 4.74 Å². The highest BCUT2D eigenvalue weighted by Gasteiger charge is 2.28. The van der Waals surface area contributed by atoms with Crippen LogP contribution in [0.15, 0.2) is 48.5 Å². The average molecular weight is 310 g/mol. The molecule has 2 aromatic rings. The maximum absolute atomic E-state index is 12.6. The van der Waals surface area contributed by atoms with Crippen molar-refractivity contribution in [2.24, 2.45) is 0 Å². The molecule has 2 heteroatoms. The van der Waals surface area contributed by atoms with Crippen molar-refractivity contribution >= 4 is 5.97 Å². The van der Waals surface area contributed by atoms with Crippen LogP contribution in [0.5, 0.6) is 5.75 Å². The van der Waals surface area contributed by atoms with Gasteiger partial charge in [-0.15, -0.1) is 0 Å². The molecule has 0 atom stereocenters. The van der Waals surface area contributed by atoms with Crippen molar-refractivity contribution in [3.05, 3.63) is 65.2 Å². The van der Waals surface area contributed by atoms with Gasteiger partial charge in [-0.2, -0.15) is 0 Å². The topological polar surface area (TPSA) is 26.3 Å². The van der Waals surface area contributed by atoms with Gasteiger partial charge in [0.15, 0.2) is 0 Å². The Morgan fingerprint density at radius 2 is 1.22 bits per heavy atom. The third-order valence-electron chi connectivity index (χ3n) is 3.84. The SMILES string of the molecule is CC(C)(C)c1cccc(C(C)(C)C)c1OC(=O)c1ccccc1. The van der Waals surface area contributed by atoms with Gasteiger partial charge in [0.2, 0.25) is 0 Å². The van der Waals surface area contributed by atoms with E-state index in [9.17, 15) is 4.79 Å². The minimum absolute atomic E-state index is 0.104. The van der Waals surface area contributed by atoms with E-state index in [0.29, 0.717) is 11.3 Å². The molecule has 0 spiro atoms. The van der Waals surface area contributed by atoms with Crippen molar-refractivity contribution in [1.82, 2.24) is 0 Å². The number of benzene rings is 2. The van der Waals surface area contributed by atoms with E-state index in [4.69, 9.17) is 4.74 Å². The molecule has 0 radical (unpaired) electrons. The lowest BCUT2D eigenvalue weighted by Gasteiger charge is -2.28. The summed E-state index contributed by atoms with van der Waals surface area (Å²) in [5.41, 5.74) is 2.46. The maximum Gasteiger partial charge on any atom is 0.343 e. The Kier molecular flexibility index (Phi) is 4.65. The number of carbonyl (C=O) groups excluding carboxylic acids is 1. The third-order valence-corrected chi connectivity index (χ3v) is 3.84. The van der Waals surface area contributed by atoms with Gasteiger partial charge in [0, 0.05) is 11.1 Å². The van der Waals surface area contributed by atoms with Crippen molar-refractivity contribution in [2.45, 2.75) is 52.4 Å². The summed E-state index contributed by atoms with van der Waals surface area (Å²) in [4.78, 5) is 12.6. The molecule has 0 aliphatic carbocycles. The van der Waals surface area contributed by atoms with E-state index in [2.05, 4.69) is 41.5 Å². The van der Waals surface area contributed by atoms with E-state index < -0.39 is 0 Å². The van der Waals surface area contributed by atoms with Crippen LogP contribution in [0, 0.1) is 0 Å². The van der Waals surface area contributed by atoms with Gasteiger partial charge >= 0.3 is 5.97 Å². The standard InChI is InChI=1S/C21H26O2/c1-20(2,3)16-13-10-14-17(21(4,5)6)18(16)23-19(22)15-11-8-7-9-12-15/h7-14H,1-6H3. The molecule has 0 bridgehead atoms. The zero-order valence-electron chi connectivity index (χ0n) is 14.9. The molecule has 0 saturated carbocycles. The Balaban J connectivity index is 2.53. The van der Waals surface area contributed by atoms with E-state index in [0.717, 1.165) is 11.1 Å². The van der Waals surface area contributed by atoms with Crippen molar-refractivity contribution in [1.29, 1.82) is 0 Å². The summed E-state index contributed by atoms with van der Waals surface area (Å²) in [6.45, 7) is 12.8. The first-order valence-corrected chi connectivity index (χ1v) is 8.02. The summed E-state index contributed by atoms with van der Waals surface area (Å²) < 4.78 is 5.88. The second-order valence-electron chi connectivity index (χ2n) is 7.94. The van der Waals surface area contributed by atoms with E-state index in [1.165, 1.54) is 0 Å². The lowest BCUT2D eigenvalue weighted by atomic mass is 9.79. The largest absolute Gasteiger partial charge is 0.422 e. The van der Waals surface area contributed by atoms with Gasteiger partial charge < -0.3 is 4.74 Å². The zero-order chi connectivity index (χ0) is 17.3. The van der Waals surface area contributed by atoms with Gasteiger partial charge in [-0.3, -0.25) is 0 Å². The Bertz CT molecular complexity index is 654. The minimum atomic E-state index is -0.312. The van der Waals surface area contributed by atoms with Gasteiger partial charge in [-0.25, -0.2) is 4.79 Å². The molecule has 0 N–H and O–H groups in total. The lowest BCUT2D eigenvalue weighted by molar-refractivity contribution is 0.0729. The Hall–Kier alpha value is -2.09. The number of esters is 1. The monoisotopic (exact) mass is 310 g/mol. The van der Waals surface area contributed by atoms with E-state index in [1.807, 2.05) is 36.4 Å². The molecule has 0 amide bonds. The van der Waals surface area contributed by atoms with E-state index in [1.54, 1.807) is 12.1 Å². The first kappa shape index (κ1) is 17.3. The van der Waals surface area contributed by atoms with Crippen LogP contribution in [0.1, 0.15) is 63.0 Å². The van der Waals surface area contributed by atoms with Crippen molar-refractivity contribution in [2.75, 3.05) is 0 Å². The molecule has 0 fully saturated rings. The quantitative estimate of drug-likeness (QED) is 0.540. The number of para-hydroxylation sites is 1. The van der Waals surface area contributed by atoms with Gasteiger partial charge in [0.1, 0.15) is 5.75 Å². The lowest BCUT2D eigenvalue weighted by Crippen LogP contribution is -2.21.